The molecule has 1 aromatic carbocycles. The molecule has 28 heavy (non-hydrogen) atoms. The molecule has 9 heteroatoms. The molecule has 1 saturated heterocycles. The van der Waals surface area contributed by atoms with Gasteiger partial charge >= 0.3 is 0 Å². The molecule has 1 N–H and O–H groups in total. The van der Waals surface area contributed by atoms with Crippen molar-refractivity contribution in [2.45, 2.75) is 25.8 Å². The molecule has 9 nitrogen and oxygen atoms in total. The van der Waals surface area contributed by atoms with Crippen LogP contribution in [0, 0.1) is 6.92 Å². The minimum Gasteiger partial charge on any atom is -0.497 e. The van der Waals surface area contributed by atoms with Crippen LogP contribution in [-0.4, -0.2) is 51.9 Å². The maximum atomic E-state index is 13.1. The fraction of sp³-hybridized carbons (Fsp3) is 0.368. The Hall–Kier alpha value is -3.36. The highest BCUT2D eigenvalue weighted by Gasteiger charge is 2.35. The number of carbonyl (C=O) groups is 1. The topological polar surface area (TPSA) is 106 Å². The van der Waals surface area contributed by atoms with Crippen LogP contribution < -0.4 is 9.47 Å². The van der Waals surface area contributed by atoms with E-state index in [1.165, 1.54) is 0 Å². The van der Waals surface area contributed by atoms with Crippen molar-refractivity contribution in [2.24, 2.45) is 0 Å². The van der Waals surface area contributed by atoms with E-state index < -0.39 is 0 Å². The Morgan fingerprint density at radius 2 is 2.14 bits per heavy atom. The van der Waals surface area contributed by atoms with Crippen molar-refractivity contribution < 1.29 is 18.8 Å². The third kappa shape index (κ3) is 3.19. The first kappa shape index (κ1) is 18.0. The zero-order chi connectivity index (χ0) is 19.7. The molecule has 1 unspecified atom stereocenters. The average molecular weight is 383 g/mol. The van der Waals surface area contributed by atoms with Crippen LogP contribution >= 0.6 is 0 Å². The van der Waals surface area contributed by atoms with Crippen LogP contribution in [0.1, 0.15) is 41.1 Å². The van der Waals surface area contributed by atoms with Gasteiger partial charge in [-0.25, -0.2) is 0 Å². The van der Waals surface area contributed by atoms with E-state index in [4.69, 9.17) is 14.0 Å². The number of amides is 1. The van der Waals surface area contributed by atoms with Gasteiger partial charge in [-0.05, 0) is 44.0 Å². The lowest BCUT2D eigenvalue weighted by atomic mass is 10.1. The van der Waals surface area contributed by atoms with E-state index in [1.807, 2.05) is 12.1 Å². The lowest BCUT2D eigenvalue weighted by Gasteiger charge is -2.20. The molecule has 0 radical (unpaired) electrons. The number of aryl methyl sites for hydroxylation is 1. The molecule has 4 rings (SSSR count). The summed E-state index contributed by atoms with van der Waals surface area (Å²) in [4.78, 5) is 19.1. The molecular formula is C19H21N5O4. The summed E-state index contributed by atoms with van der Waals surface area (Å²) < 4.78 is 16.0. The summed E-state index contributed by atoms with van der Waals surface area (Å²) in [5.74, 6) is 2.20. The van der Waals surface area contributed by atoms with E-state index in [0.717, 1.165) is 18.4 Å². The smallest absolute Gasteiger partial charge is 0.272 e. The Bertz CT molecular complexity index is 996. The summed E-state index contributed by atoms with van der Waals surface area (Å²) in [5, 5.41) is 11.0. The number of hydrogen-bond donors (Lipinski definition) is 1. The van der Waals surface area contributed by atoms with E-state index in [0.29, 0.717) is 41.1 Å². The first-order valence-corrected chi connectivity index (χ1v) is 8.99. The van der Waals surface area contributed by atoms with E-state index in [1.54, 1.807) is 38.2 Å². The van der Waals surface area contributed by atoms with Gasteiger partial charge in [-0.2, -0.15) is 10.1 Å². The van der Waals surface area contributed by atoms with Crippen LogP contribution in [0.5, 0.6) is 11.5 Å². The number of nitrogens with one attached hydrogen (secondary N) is 1. The number of carbonyl (C=O) groups excluding carboxylic acids is 1. The van der Waals surface area contributed by atoms with Gasteiger partial charge in [0.15, 0.2) is 5.82 Å². The van der Waals surface area contributed by atoms with Gasteiger partial charge in [0.25, 0.3) is 5.91 Å². The number of benzene rings is 1. The normalized spacial score (nSPS) is 16.4. The predicted molar refractivity (Wildman–Crippen MR) is 99.2 cm³/mol. The lowest BCUT2D eigenvalue weighted by Crippen LogP contribution is -2.31. The fourth-order valence-electron chi connectivity index (χ4n) is 3.45. The van der Waals surface area contributed by atoms with Gasteiger partial charge < -0.3 is 18.9 Å². The number of nitrogens with zero attached hydrogens (tertiary/aromatic N) is 4. The number of ether oxygens (including phenoxy) is 2. The van der Waals surface area contributed by atoms with E-state index in [-0.39, 0.29) is 11.9 Å². The third-order valence-corrected chi connectivity index (χ3v) is 4.83. The van der Waals surface area contributed by atoms with Crippen LogP contribution in [0.25, 0.3) is 11.3 Å². The standard InChI is InChI=1S/C19H21N5O4/c1-11-20-18(28-23-11)16-5-4-8-24(16)19(25)15-10-14(21-22-15)13-9-12(26-2)6-7-17(13)27-3/h6-7,9-10,16H,4-5,8H2,1-3H3,(H,21,22). The van der Waals surface area contributed by atoms with Crippen molar-refractivity contribution in [3.63, 3.8) is 0 Å². The van der Waals surface area contributed by atoms with Crippen LogP contribution in [0.2, 0.25) is 0 Å². The van der Waals surface area contributed by atoms with Gasteiger partial charge in [0, 0.05) is 12.1 Å². The molecule has 1 atom stereocenters. The number of rotatable bonds is 5. The average Bonchev–Trinajstić information content (AvgIpc) is 3.46. The van der Waals surface area contributed by atoms with Crippen molar-refractivity contribution >= 4 is 5.91 Å². The molecule has 1 aliphatic rings. The van der Waals surface area contributed by atoms with E-state index >= 15 is 0 Å². The Morgan fingerprint density at radius 3 is 2.86 bits per heavy atom. The summed E-state index contributed by atoms with van der Waals surface area (Å²) in [6.07, 6.45) is 1.67. The Balaban J connectivity index is 1.61. The van der Waals surface area contributed by atoms with Crippen LogP contribution in [0.15, 0.2) is 28.8 Å². The molecule has 0 bridgehead atoms. The molecule has 1 fully saturated rings. The van der Waals surface area contributed by atoms with Crippen molar-refractivity contribution in [1.29, 1.82) is 0 Å². The van der Waals surface area contributed by atoms with E-state index in [9.17, 15) is 4.79 Å². The summed E-state index contributed by atoms with van der Waals surface area (Å²) in [7, 11) is 3.18. The lowest BCUT2D eigenvalue weighted by molar-refractivity contribution is 0.0704. The number of likely N-dealkylation sites (tertiary alicyclic amines) is 1. The number of methoxy groups -OCH3 is 2. The van der Waals surface area contributed by atoms with Crippen molar-refractivity contribution in [2.75, 3.05) is 20.8 Å². The highest BCUT2D eigenvalue weighted by atomic mass is 16.5. The van der Waals surface area contributed by atoms with Gasteiger partial charge in [-0.1, -0.05) is 5.16 Å². The van der Waals surface area contributed by atoms with Crippen LogP contribution in [-0.2, 0) is 0 Å². The monoisotopic (exact) mass is 383 g/mol. The van der Waals surface area contributed by atoms with Gasteiger partial charge in [-0.15, -0.1) is 0 Å². The summed E-state index contributed by atoms with van der Waals surface area (Å²) in [5.41, 5.74) is 1.73. The molecule has 0 saturated carbocycles. The van der Waals surface area contributed by atoms with Gasteiger partial charge in [-0.3, -0.25) is 9.89 Å². The fourth-order valence-corrected chi connectivity index (χ4v) is 3.45. The van der Waals surface area contributed by atoms with Gasteiger partial charge in [0.2, 0.25) is 5.89 Å². The highest BCUT2D eigenvalue weighted by Crippen LogP contribution is 2.34. The predicted octanol–water partition coefficient (Wildman–Crippen LogP) is 2.76. The number of H-pyrrole nitrogens is 1. The number of aromatic nitrogens is 4. The molecule has 1 aliphatic heterocycles. The molecule has 0 spiro atoms. The van der Waals surface area contributed by atoms with Crippen molar-refractivity contribution in [3.05, 3.63) is 41.7 Å². The summed E-state index contributed by atoms with van der Waals surface area (Å²) in [6.45, 7) is 2.39. The summed E-state index contributed by atoms with van der Waals surface area (Å²) >= 11 is 0. The zero-order valence-corrected chi connectivity index (χ0v) is 15.9. The minimum absolute atomic E-state index is 0.154. The van der Waals surface area contributed by atoms with Crippen molar-refractivity contribution in [1.82, 2.24) is 25.2 Å². The maximum Gasteiger partial charge on any atom is 0.272 e. The van der Waals surface area contributed by atoms with Crippen molar-refractivity contribution in [3.8, 4) is 22.8 Å². The maximum absolute atomic E-state index is 13.1. The second kappa shape index (κ2) is 7.34. The zero-order valence-electron chi connectivity index (χ0n) is 15.9. The first-order chi connectivity index (χ1) is 13.6. The molecule has 3 heterocycles. The molecule has 2 aromatic heterocycles. The number of hydrogen-bond acceptors (Lipinski definition) is 7. The molecule has 1 amide bonds. The molecule has 146 valence electrons. The summed E-state index contributed by atoms with van der Waals surface area (Å²) in [6, 6.07) is 6.94. The second-order valence-electron chi connectivity index (χ2n) is 6.57. The van der Waals surface area contributed by atoms with Crippen LogP contribution in [0.3, 0.4) is 0 Å². The Labute approximate surface area is 161 Å². The largest absolute Gasteiger partial charge is 0.497 e. The minimum atomic E-state index is -0.216. The Kier molecular flexibility index (Phi) is 4.72. The van der Waals surface area contributed by atoms with Gasteiger partial charge in [0.1, 0.15) is 23.2 Å². The molecular weight excluding hydrogens is 362 g/mol. The first-order valence-electron chi connectivity index (χ1n) is 8.99. The third-order valence-electron chi connectivity index (χ3n) is 4.83. The second-order valence-corrected chi connectivity index (χ2v) is 6.57. The number of aromatic amines is 1. The Morgan fingerprint density at radius 1 is 1.29 bits per heavy atom. The highest BCUT2D eigenvalue weighted by molar-refractivity contribution is 5.94. The molecule has 0 aliphatic carbocycles. The molecule has 3 aromatic rings. The van der Waals surface area contributed by atoms with Gasteiger partial charge in [0.05, 0.1) is 19.9 Å². The van der Waals surface area contributed by atoms with E-state index in [2.05, 4.69) is 20.3 Å². The van der Waals surface area contributed by atoms with Crippen LogP contribution in [0.4, 0.5) is 0 Å². The SMILES string of the molecule is COc1ccc(OC)c(-c2cc(C(=O)N3CCCC3c3nc(C)no3)[nH]n2)c1. The quantitative estimate of drug-likeness (QED) is 0.722.